The van der Waals surface area contributed by atoms with E-state index in [0.717, 1.165) is 19.6 Å². The predicted molar refractivity (Wildman–Crippen MR) is 76.9 cm³/mol. The molecule has 0 aromatic heterocycles. The molecule has 0 amide bonds. The lowest BCUT2D eigenvalue weighted by Crippen LogP contribution is -2.41. The maximum atomic E-state index is 9.73. The third-order valence-electron chi connectivity index (χ3n) is 3.37. The van der Waals surface area contributed by atoms with Crippen molar-refractivity contribution in [3.8, 4) is 0 Å². The fourth-order valence-electron chi connectivity index (χ4n) is 2.12. The number of hydrogen-bond donors (Lipinski definition) is 1. The predicted octanol–water partition coefficient (Wildman–Crippen LogP) is 1.43. The molecule has 0 saturated heterocycles. The van der Waals surface area contributed by atoms with Gasteiger partial charge in [0.05, 0.1) is 6.61 Å². The van der Waals surface area contributed by atoms with E-state index in [-0.39, 0.29) is 12.0 Å². The van der Waals surface area contributed by atoms with Crippen molar-refractivity contribution in [1.82, 2.24) is 9.80 Å². The minimum Gasteiger partial charge on any atom is -0.395 e. The number of likely N-dealkylation sites (N-methyl/N-ethyl adjacent to an activating group) is 2. The highest BCUT2D eigenvalue weighted by molar-refractivity contribution is 5.25. The second-order valence-electron chi connectivity index (χ2n) is 5.63. The Morgan fingerprint density at radius 3 is 2.17 bits per heavy atom. The van der Waals surface area contributed by atoms with Crippen LogP contribution < -0.4 is 0 Å². The van der Waals surface area contributed by atoms with Crippen LogP contribution in [0.2, 0.25) is 0 Å². The molecule has 1 aromatic carbocycles. The van der Waals surface area contributed by atoms with Gasteiger partial charge in [-0.2, -0.15) is 0 Å². The molecule has 0 aliphatic rings. The van der Waals surface area contributed by atoms with E-state index in [0.29, 0.717) is 0 Å². The van der Waals surface area contributed by atoms with Gasteiger partial charge in [0.2, 0.25) is 0 Å². The van der Waals surface area contributed by atoms with Gasteiger partial charge >= 0.3 is 0 Å². The van der Waals surface area contributed by atoms with E-state index in [1.54, 1.807) is 0 Å². The van der Waals surface area contributed by atoms with Crippen LogP contribution in [-0.2, 0) is 5.41 Å². The van der Waals surface area contributed by atoms with Crippen LogP contribution >= 0.6 is 0 Å². The molecule has 0 aliphatic heterocycles. The lowest BCUT2D eigenvalue weighted by atomic mass is 9.83. The average molecular weight is 250 g/mol. The molecule has 1 unspecified atom stereocenters. The SMILES string of the molecule is CN(C)CCN(C)CC(C)(CO)c1ccccc1. The Morgan fingerprint density at radius 2 is 1.67 bits per heavy atom. The molecule has 0 aliphatic carbocycles. The summed E-state index contributed by atoms with van der Waals surface area (Å²) >= 11 is 0. The summed E-state index contributed by atoms with van der Waals surface area (Å²) in [6.45, 7) is 5.20. The Bertz CT molecular complexity index is 340. The fraction of sp³-hybridized carbons (Fsp3) is 0.600. The smallest absolute Gasteiger partial charge is 0.0537 e. The fourth-order valence-corrected chi connectivity index (χ4v) is 2.12. The van der Waals surface area contributed by atoms with Crippen LogP contribution in [-0.4, -0.2) is 62.3 Å². The lowest BCUT2D eigenvalue weighted by Gasteiger charge is -2.33. The van der Waals surface area contributed by atoms with Gasteiger partial charge < -0.3 is 14.9 Å². The van der Waals surface area contributed by atoms with E-state index in [4.69, 9.17) is 0 Å². The van der Waals surface area contributed by atoms with Crippen LogP contribution in [0.1, 0.15) is 12.5 Å². The second kappa shape index (κ2) is 6.88. The van der Waals surface area contributed by atoms with Gasteiger partial charge in [-0.3, -0.25) is 0 Å². The van der Waals surface area contributed by atoms with Gasteiger partial charge in [-0.15, -0.1) is 0 Å². The number of aliphatic hydroxyl groups is 1. The van der Waals surface area contributed by atoms with Crippen molar-refractivity contribution in [1.29, 1.82) is 0 Å². The molecule has 1 aromatic rings. The largest absolute Gasteiger partial charge is 0.395 e. The lowest BCUT2D eigenvalue weighted by molar-refractivity contribution is 0.154. The third kappa shape index (κ3) is 4.41. The monoisotopic (exact) mass is 250 g/mol. The van der Waals surface area contributed by atoms with Gasteiger partial charge in [0, 0.05) is 25.0 Å². The van der Waals surface area contributed by atoms with E-state index in [9.17, 15) is 5.11 Å². The first-order valence-corrected chi connectivity index (χ1v) is 6.47. The third-order valence-corrected chi connectivity index (χ3v) is 3.37. The van der Waals surface area contributed by atoms with E-state index in [1.807, 2.05) is 18.2 Å². The molecule has 0 saturated carbocycles. The van der Waals surface area contributed by atoms with Gasteiger partial charge in [0.15, 0.2) is 0 Å². The maximum absolute atomic E-state index is 9.73. The van der Waals surface area contributed by atoms with Crippen LogP contribution in [0, 0.1) is 0 Å². The zero-order chi connectivity index (χ0) is 13.6. The molecule has 3 nitrogen and oxygen atoms in total. The van der Waals surface area contributed by atoms with Crippen molar-refractivity contribution in [3.63, 3.8) is 0 Å². The van der Waals surface area contributed by atoms with Crippen molar-refractivity contribution in [2.24, 2.45) is 0 Å². The zero-order valence-corrected chi connectivity index (χ0v) is 12.1. The molecule has 102 valence electrons. The first-order chi connectivity index (χ1) is 8.48. The summed E-state index contributed by atoms with van der Waals surface area (Å²) in [7, 11) is 6.27. The molecule has 0 fully saturated rings. The summed E-state index contributed by atoms with van der Waals surface area (Å²) < 4.78 is 0. The first-order valence-electron chi connectivity index (χ1n) is 6.47. The quantitative estimate of drug-likeness (QED) is 0.793. The van der Waals surface area contributed by atoms with Crippen LogP contribution in [0.5, 0.6) is 0 Å². The normalized spacial score (nSPS) is 15.1. The van der Waals surface area contributed by atoms with E-state index in [1.165, 1.54) is 5.56 Å². The van der Waals surface area contributed by atoms with Gasteiger partial charge in [-0.1, -0.05) is 37.3 Å². The van der Waals surface area contributed by atoms with Gasteiger partial charge in [-0.25, -0.2) is 0 Å². The summed E-state index contributed by atoms with van der Waals surface area (Å²) in [6.07, 6.45) is 0. The van der Waals surface area contributed by atoms with E-state index in [2.05, 4.69) is 50.0 Å². The molecule has 0 bridgehead atoms. The average Bonchev–Trinajstić information content (AvgIpc) is 2.37. The molecule has 3 heteroatoms. The summed E-state index contributed by atoms with van der Waals surface area (Å²) in [5.41, 5.74) is 1.01. The summed E-state index contributed by atoms with van der Waals surface area (Å²) in [5, 5.41) is 9.73. The standard InChI is InChI=1S/C15H26N2O/c1-15(13-18,14-8-6-5-7-9-14)12-17(4)11-10-16(2)3/h5-9,18H,10-13H2,1-4H3. The molecular formula is C15H26N2O. The molecule has 1 rings (SSSR count). The molecular weight excluding hydrogens is 224 g/mol. The van der Waals surface area contributed by atoms with E-state index < -0.39 is 0 Å². The summed E-state index contributed by atoms with van der Waals surface area (Å²) in [5.74, 6) is 0. The number of rotatable bonds is 7. The molecule has 1 N–H and O–H groups in total. The maximum Gasteiger partial charge on any atom is 0.0537 e. The Kier molecular flexibility index (Phi) is 5.79. The minimum absolute atomic E-state index is 0.170. The Labute approximate surface area is 111 Å². The highest BCUT2D eigenvalue weighted by atomic mass is 16.3. The number of nitrogens with zero attached hydrogens (tertiary/aromatic N) is 2. The van der Waals surface area contributed by atoms with Crippen LogP contribution in [0.25, 0.3) is 0 Å². The summed E-state index contributed by atoms with van der Waals surface area (Å²) in [4.78, 5) is 4.46. The van der Waals surface area contributed by atoms with Crippen molar-refractivity contribution in [2.45, 2.75) is 12.3 Å². The van der Waals surface area contributed by atoms with Crippen molar-refractivity contribution in [2.75, 3.05) is 47.4 Å². The number of aliphatic hydroxyl groups excluding tert-OH is 1. The first kappa shape index (κ1) is 15.2. The van der Waals surface area contributed by atoms with Crippen LogP contribution in [0.3, 0.4) is 0 Å². The zero-order valence-electron chi connectivity index (χ0n) is 12.1. The Balaban J connectivity index is 2.65. The highest BCUT2D eigenvalue weighted by Crippen LogP contribution is 2.23. The van der Waals surface area contributed by atoms with Gasteiger partial charge in [0.1, 0.15) is 0 Å². The number of benzene rings is 1. The van der Waals surface area contributed by atoms with Gasteiger partial charge in [-0.05, 0) is 26.7 Å². The molecule has 0 radical (unpaired) electrons. The topological polar surface area (TPSA) is 26.7 Å². The summed E-state index contributed by atoms with van der Waals surface area (Å²) in [6, 6.07) is 10.3. The molecule has 0 spiro atoms. The van der Waals surface area contributed by atoms with Crippen molar-refractivity contribution < 1.29 is 5.11 Å². The van der Waals surface area contributed by atoms with Gasteiger partial charge in [0.25, 0.3) is 0 Å². The van der Waals surface area contributed by atoms with Crippen LogP contribution in [0.15, 0.2) is 30.3 Å². The van der Waals surface area contributed by atoms with Crippen LogP contribution in [0.4, 0.5) is 0 Å². The molecule has 0 heterocycles. The van der Waals surface area contributed by atoms with E-state index >= 15 is 0 Å². The molecule has 1 atom stereocenters. The molecule has 18 heavy (non-hydrogen) atoms. The second-order valence-corrected chi connectivity index (χ2v) is 5.63. The van der Waals surface area contributed by atoms with Crippen molar-refractivity contribution >= 4 is 0 Å². The number of hydrogen-bond acceptors (Lipinski definition) is 3. The minimum atomic E-state index is -0.192. The Morgan fingerprint density at radius 1 is 1.06 bits per heavy atom. The Hall–Kier alpha value is -0.900. The highest BCUT2D eigenvalue weighted by Gasteiger charge is 2.27. The van der Waals surface area contributed by atoms with Crippen molar-refractivity contribution in [3.05, 3.63) is 35.9 Å².